The van der Waals surface area contributed by atoms with Gasteiger partial charge in [0.15, 0.2) is 35.3 Å². The Balaban J connectivity index is 0.000000152. The largest absolute Gasteiger partial charge is 0.503 e. The summed E-state index contributed by atoms with van der Waals surface area (Å²) in [6.45, 7) is 9.06. The third kappa shape index (κ3) is 3.91. The summed E-state index contributed by atoms with van der Waals surface area (Å²) in [5.41, 5.74) is 0.0164. The van der Waals surface area contributed by atoms with Crippen LogP contribution in [-0.4, -0.2) is 78.7 Å². The van der Waals surface area contributed by atoms with Crippen LogP contribution < -0.4 is 10.9 Å². The van der Waals surface area contributed by atoms with Gasteiger partial charge in [-0.15, -0.1) is 0 Å². The van der Waals surface area contributed by atoms with Gasteiger partial charge in [0, 0.05) is 29.6 Å². The Labute approximate surface area is 212 Å². The predicted molar refractivity (Wildman–Crippen MR) is 130 cm³/mol. The van der Waals surface area contributed by atoms with Gasteiger partial charge in [0.2, 0.25) is 10.9 Å². The van der Waals surface area contributed by atoms with Gasteiger partial charge in [-0.05, 0) is 34.1 Å². The molecule has 0 saturated carbocycles. The fraction of sp³-hybridized carbons (Fsp3) is 0.520. The molecule has 0 radical (unpaired) electrons. The molecule has 12 nitrogen and oxygen atoms in total. The number of aromatic nitrogens is 2. The molecule has 0 unspecified atom stereocenters. The number of amides is 2. The van der Waals surface area contributed by atoms with E-state index in [0.717, 1.165) is 6.42 Å². The molecule has 4 aliphatic heterocycles. The van der Waals surface area contributed by atoms with E-state index >= 15 is 0 Å². The van der Waals surface area contributed by atoms with Crippen molar-refractivity contribution in [3.8, 4) is 11.5 Å². The van der Waals surface area contributed by atoms with E-state index in [1.165, 1.54) is 0 Å². The number of hydrogen-bond donors (Lipinski definition) is 2. The van der Waals surface area contributed by atoms with Gasteiger partial charge < -0.3 is 38.6 Å². The van der Waals surface area contributed by atoms with Crippen LogP contribution in [0.1, 0.15) is 52.4 Å². The molecule has 2 aromatic heterocycles. The number of nitrogens with zero attached hydrogens (tertiary/aromatic N) is 4. The summed E-state index contributed by atoms with van der Waals surface area (Å²) in [7, 11) is 0. The second-order valence-corrected chi connectivity index (χ2v) is 10.0. The number of pyridine rings is 2. The maximum Gasteiger partial charge on any atom is 0.276 e. The zero-order valence-electron chi connectivity index (χ0n) is 21.1. The lowest BCUT2D eigenvalue weighted by atomic mass is 10.1. The Bertz CT molecular complexity index is 1410. The summed E-state index contributed by atoms with van der Waals surface area (Å²) in [5.74, 6) is -1.59. The van der Waals surface area contributed by atoms with Crippen LogP contribution in [0.15, 0.2) is 22.0 Å². The molecule has 0 spiro atoms. The monoisotopic (exact) mass is 514 g/mol. The van der Waals surface area contributed by atoms with Gasteiger partial charge in [-0.25, -0.2) is 0 Å². The molecule has 2 fully saturated rings. The van der Waals surface area contributed by atoms with E-state index in [4.69, 9.17) is 9.47 Å². The van der Waals surface area contributed by atoms with Crippen molar-refractivity contribution >= 4 is 11.8 Å². The fourth-order valence-corrected chi connectivity index (χ4v) is 5.41. The predicted octanol–water partition coefficient (Wildman–Crippen LogP) is 0.516. The first-order valence-corrected chi connectivity index (χ1v) is 12.3. The van der Waals surface area contributed by atoms with Crippen molar-refractivity contribution in [1.82, 2.24) is 18.9 Å². The van der Waals surface area contributed by atoms with Crippen LogP contribution in [0.25, 0.3) is 0 Å². The van der Waals surface area contributed by atoms with E-state index in [9.17, 15) is 29.4 Å². The Hall–Kier alpha value is -3.64. The van der Waals surface area contributed by atoms with Gasteiger partial charge in [0.25, 0.3) is 11.8 Å². The van der Waals surface area contributed by atoms with Crippen LogP contribution >= 0.6 is 0 Å². The minimum Gasteiger partial charge on any atom is -0.503 e. The average molecular weight is 515 g/mol. The maximum atomic E-state index is 12.5. The molecule has 6 heterocycles. The van der Waals surface area contributed by atoms with Crippen LogP contribution in [0.4, 0.5) is 0 Å². The van der Waals surface area contributed by atoms with Crippen LogP contribution in [-0.2, 0) is 22.6 Å². The Kier molecular flexibility index (Phi) is 6.11. The first kappa shape index (κ1) is 25.0. The van der Waals surface area contributed by atoms with Gasteiger partial charge in [0.1, 0.15) is 0 Å². The fourth-order valence-electron chi connectivity index (χ4n) is 5.41. The van der Waals surface area contributed by atoms with E-state index in [-0.39, 0.29) is 47.7 Å². The maximum absolute atomic E-state index is 12.5. The van der Waals surface area contributed by atoms with E-state index in [1.54, 1.807) is 45.2 Å². The normalized spacial score (nSPS) is 26.1. The van der Waals surface area contributed by atoms with E-state index in [2.05, 4.69) is 0 Å². The van der Waals surface area contributed by atoms with Gasteiger partial charge in [-0.2, -0.15) is 0 Å². The zero-order chi connectivity index (χ0) is 26.8. The number of aromatic hydroxyl groups is 2. The lowest BCUT2D eigenvalue weighted by molar-refractivity contribution is -0.112. The lowest BCUT2D eigenvalue weighted by Gasteiger charge is -2.44. The molecule has 4 aliphatic rings. The second kappa shape index (κ2) is 9.03. The van der Waals surface area contributed by atoms with Crippen molar-refractivity contribution in [3.63, 3.8) is 0 Å². The van der Waals surface area contributed by atoms with Gasteiger partial charge in [-0.3, -0.25) is 19.2 Å². The lowest BCUT2D eigenvalue weighted by Crippen LogP contribution is -2.56. The van der Waals surface area contributed by atoms with E-state index in [1.807, 2.05) is 13.8 Å². The molecule has 0 bridgehead atoms. The summed E-state index contributed by atoms with van der Waals surface area (Å²) in [5, 5.41) is 19.8. The molecule has 198 valence electrons. The van der Waals surface area contributed by atoms with Crippen LogP contribution in [0, 0.1) is 13.8 Å². The molecule has 0 aromatic carbocycles. The van der Waals surface area contributed by atoms with E-state index in [0.29, 0.717) is 37.4 Å². The quantitative estimate of drug-likeness (QED) is 0.518. The minimum atomic E-state index is -0.485. The minimum absolute atomic E-state index is 0.0351. The highest BCUT2D eigenvalue weighted by Crippen LogP contribution is 2.30. The first-order valence-electron chi connectivity index (χ1n) is 12.3. The van der Waals surface area contributed by atoms with Crippen LogP contribution in [0.2, 0.25) is 0 Å². The first-order chi connectivity index (χ1) is 17.5. The Morgan fingerprint density at radius 1 is 0.757 bits per heavy atom. The number of carbonyl (C=O) groups excluding carboxylic acids is 2. The van der Waals surface area contributed by atoms with Crippen molar-refractivity contribution in [3.05, 3.63) is 55.4 Å². The molecule has 37 heavy (non-hydrogen) atoms. The zero-order valence-corrected chi connectivity index (χ0v) is 21.1. The van der Waals surface area contributed by atoms with Crippen molar-refractivity contribution < 1.29 is 29.3 Å². The third-order valence-electron chi connectivity index (χ3n) is 7.39. The summed E-state index contributed by atoms with van der Waals surface area (Å²) < 4.78 is 14.4. The van der Waals surface area contributed by atoms with Crippen molar-refractivity contribution in [2.75, 3.05) is 13.2 Å². The molecule has 2 saturated heterocycles. The Morgan fingerprint density at radius 3 is 1.73 bits per heavy atom. The molecular formula is C25H30N4O8. The summed E-state index contributed by atoms with van der Waals surface area (Å²) in [6.07, 6.45) is 3.35. The number of aryl methyl sites for hydroxylation is 2. The average Bonchev–Trinajstić information content (AvgIpc) is 3.22. The molecule has 6 rings (SSSR count). The van der Waals surface area contributed by atoms with Gasteiger partial charge in [0.05, 0.1) is 32.3 Å². The highest BCUT2D eigenvalue weighted by molar-refractivity contribution is 5.97. The molecule has 0 aliphatic carbocycles. The molecule has 12 heteroatoms. The second-order valence-electron chi connectivity index (χ2n) is 10.0. The van der Waals surface area contributed by atoms with Crippen molar-refractivity contribution in [1.29, 1.82) is 0 Å². The highest BCUT2D eigenvalue weighted by atomic mass is 16.5. The number of fused-ring (bicyclic) bond motifs is 4. The number of hydrogen-bond acceptors (Lipinski definition) is 8. The van der Waals surface area contributed by atoms with E-state index < -0.39 is 22.4 Å². The number of carbonyl (C=O) groups is 2. The number of ether oxygens (including phenoxy) is 2. The molecule has 2 aromatic rings. The summed E-state index contributed by atoms with van der Waals surface area (Å²) in [4.78, 5) is 51.5. The summed E-state index contributed by atoms with van der Waals surface area (Å²) in [6, 6.07) is 0.0165. The smallest absolute Gasteiger partial charge is 0.276 e. The number of rotatable bonds is 0. The SMILES string of the molecule is Cc1cn2c(c(O)c1=O)C(=O)N1[C@@H](C)CO[C@@H]1C2.Cc1cn2c(c(O)c1=O)C(=O)N1[C@H](C)CCO[C@H]1C2. The standard InChI is InChI=1S/C13H16N2O4.C12H14N2O4/c1-7-5-14-6-9-15(8(2)3-4-19-9)13(18)10(14)12(17)11(7)16;1-6-3-13-4-8-14(7(2)5-18-8)12(17)9(13)11(16)10(6)15/h5,8-9,17H,3-4,6H2,1-2H3;3,7-8,16H,4-5H2,1-2H3/t8-,9+;7-,8+/m10/s1. The molecular weight excluding hydrogens is 484 g/mol. The van der Waals surface area contributed by atoms with Crippen molar-refractivity contribution in [2.24, 2.45) is 0 Å². The Morgan fingerprint density at radius 2 is 1.22 bits per heavy atom. The molecule has 2 amide bonds. The van der Waals surface area contributed by atoms with Crippen LogP contribution in [0.3, 0.4) is 0 Å². The molecule has 2 N–H and O–H groups in total. The van der Waals surface area contributed by atoms with Crippen molar-refractivity contribution in [2.45, 2.75) is 71.7 Å². The third-order valence-corrected chi connectivity index (χ3v) is 7.39. The van der Waals surface area contributed by atoms with Crippen LogP contribution in [0.5, 0.6) is 11.5 Å². The molecule has 4 atom stereocenters. The van der Waals surface area contributed by atoms with Gasteiger partial charge in [-0.1, -0.05) is 0 Å². The highest BCUT2D eigenvalue weighted by Gasteiger charge is 2.43. The summed E-state index contributed by atoms with van der Waals surface area (Å²) >= 11 is 0. The topological polar surface area (TPSA) is 144 Å². The van der Waals surface area contributed by atoms with Gasteiger partial charge >= 0.3 is 0 Å².